The third-order valence-electron chi connectivity index (χ3n) is 4.04. The van der Waals surface area contributed by atoms with Crippen molar-refractivity contribution >= 4 is 23.0 Å². The topological polar surface area (TPSA) is 59.6 Å². The Morgan fingerprint density at radius 3 is 2.07 bits per heavy atom. The Bertz CT molecular complexity index is 893. The summed E-state index contributed by atoms with van der Waals surface area (Å²) < 4.78 is 10.5. The summed E-state index contributed by atoms with van der Waals surface area (Å²) in [7, 11) is 3.16. The molecule has 0 radical (unpaired) electrons. The molecule has 0 saturated carbocycles. The molecule has 0 atom stereocenters. The largest absolute Gasteiger partial charge is 0.493 e. The zero-order chi connectivity index (χ0) is 19.1. The van der Waals surface area contributed by atoms with Crippen molar-refractivity contribution in [3.63, 3.8) is 0 Å². The average molecular weight is 362 g/mol. The number of para-hydroxylation sites is 1. The zero-order valence-corrected chi connectivity index (χ0v) is 15.4. The number of carbonyl (C=O) groups is 1. The molecule has 1 amide bonds. The third kappa shape index (κ3) is 5.01. The van der Waals surface area contributed by atoms with Crippen LogP contribution in [0.1, 0.15) is 5.56 Å². The van der Waals surface area contributed by atoms with Gasteiger partial charge in [0, 0.05) is 17.1 Å². The molecule has 3 aromatic rings. The molecule has 5 nitrogen and oxygen atoms in total. The fourth-order valence-corrected chi connectivity index (χ4v) is 2.71. The van der Waals surface area contributed by atoms with Gasteiger partial charge in [0.15, 0.2) is 11.5 Å². The van der Waals surface area contributed by atoms with E-state index in [1.807, 2.05) is 66.7 Å². The van der Waals surface area contributed by atoms with E-state index in [2.05, 4.69) is 10.6 Å². The molecule has 0 aromatic heterocycles. The van der Waals surface area contributed by atoms with Gasteiger partial charge in [-0.15, -0.1) is 0 Å². The molecule has 27 heavy (non-hydrogen) atoms. The molecule has 2 N–H and O–H groups in total. The molecule has 3 aromatic carbocycles. The number of methoxy groups -OCH3 is 2. The van der Waals surface area contributed by atoms with E-state index >= 15 is 0 Å². The molecule has 0 bridgehead atoms. The number of hydrogen-bond acceptors (Lipinski definition) is 4. The molecule has 3 rings (SSSR count). The van der Waals surface area contributed by atoms with Crippen LogP contribution in [0, 0.1) is 0 Å². The number of rotatable bonds is 7. The van der Waals surface area contributed by atoms with E-state index in [-0.39, 0.29) is 12.3 Å². The summed E-state index contributed by atoms with van der Waals surface area (Å²) in [6.45, 7) is 0. The molecule has 5 heteroatoms. The summed E-state index contributed by atoms with van der Waals surface area (Å²) in [5.41, 5.74) is 3.58. The van der Waals surface area contributed by atoms with Crippen molar-refractivity contribution in [2.75, 3.05) is 24.9 Å². The van der Waals surface area contributed by atoms with Gasteiger partial charge in [0.05, 0.1) is 20.6 Å². The first-order valence-electron chi connectivity index (χ1n) is 8.61. The van der Waals surface area contributed by atoms with E-state index < -0.39 is 0 Å². The maximum atomic E-state index is 12.3. The molecular formula is C22H22N2O3. The van der Waals surface area contributed by atoms with Crippen molar-refractivity contribution in [2.45, 2.75) is 6.42 Å². The summed E-state index contributed by atoms with van der Waals surface area (Å²) in [5.74, 6) is 1.16. The van der Waals surface area contributed by atoms with E-state index in [9.17, 15) is 4.79 Å². The number of nitrogens with one attached hydrogen (secondary N) is 2. The first-order chi connectivity index (χ1) is 13.2. The second kappa shape index (κ2) is 8.76. The van der Waals surface area contributed by atoms with Crippen LogP contribution in [0.15, 0.2) is 72.8 Å². The highest BCUT2D eigenvalue weighted by molar-refractivity contribution is 5.92. The fraction of sp³-hybridized carbons (Fsp3) is 0.136. The Balaban J connectivity index is 1.59. The summed E-state index contributed by atoms with van der Waals surface area (Å²) in [6, 6.07) is 23.0. The van der Waals surface area contributed by atoms with Crippen molar-refractivity contribution in [1.29, 1.82) is 0 Å². The highest BCUT2D eigenvalue weighted by atomic mass is 16.5. The van der Waals surface area contributed by atoms with Gasteiger partial charge in [0.2, 0.25) is 5.91 Å². The van der Waals surface area contributed by atoms with Crippen LogP contribution in [0.3, 0.4) is 0 Å². The van der Waals surface area contributed by atoms with Gasteiger partial charge in [-0.2, -0.15) is 0 Å². The lowest BCUT2D eigenvalue weighted by Crippen LogP contribution is -2.14. The number of carbonyl (C=O) groups excluding carboxylic acids is 1. The van der Waals surface area contributed by atoms with Gasteiger partial charge in [0.1, 0.15) is 0 Å². The Labute approximate surface area is 158 Å². The monoisotopic (exact) mass is 362 g/mol. The fourth-order valence-electron chi connectivity index (χ4n) is 2.71. The van der Waals surface area contributed by atoms with Crippen LogP contribution >= 0.6 is 0 Å². The van der Waals surface area contributed by atoms with E-state index in [0.29, 0.717) is 11.5 Å². The summed E-state index contributed by atoms with van der Waals surface area (Å²) in [4.78, 5) is 12.3. The maximum absolute atomic E-state index is 12.3. The molecule has 0 saturated heterocycles. The Morgan fingerprint density at radius 2 is 1.41 bits per heavy atom. The van der Waals surface area contributed by atoms with Crippen LogP contribution in [-0.4, -0.2) is 20.1 Å². The van der Waals surface area contributed by atoms with Crippen LogP contribution in [0.5, 0.6) is 11.5 Å². The van der Waals surface area contributed by atoms with Crippen molar-refractivity contribution in [3.8, 4) is 11.5 Å². The number of amides is 1. The SMILES string of the molecule is COc1ccc(CC(=O)Nc2ccc(Nc3ccccc3)cc2)cc1OC. The normalized spacial score (nSPS) is 10.1. The van der Waals surface area contributed by atoms with Crippen LogP contribution in [0.2, 0.25) is 0 Å². The molecule has 0 aliphatic rings. The van der Waals surface area contributed by atoms with E-state index in [0.717, 1.165) is 22.6 Å². The number of hydrogen-bond donors (Lipinski definition) is 2. The Morgan fingerprint density at radius 1 is 0.778 bits per heavy atom. The van der Waals surface area contributed by atoms with Gasteiger partial charge in [-0.1, -0.05) is 24.3 Å². The first kappa shape index (κ1) is 18.3. The smallest absolute Gasteiger partial charge is 0.228 e. The summed E-state index contributed by atoms with van der Waals surface area (Å²) in [6.07, 6.45) is 0.254. The van der Waals surface area contributed by atoms with Crippen LogP contribution < -0.4 is 20.1 Å². The second-order valence-corrected chi connectivity index (χ2v) is 5.98. The molecule has 0 spiro atoms. The van der Waals surface area contributed by atoms with Crippen molar-refractivity contribution in [1.82, 2.24) is 0 Å². The highest BCUT2D eigenvalue weighted by Crippen LogP contribution is 2.28. The molecule has 0 fully saturated rings. The van der Waals surface area contributed by atoms with Crippen molar-refractivity contribution in [3.05, 3.63) is 78.4 Å². The predicted molar refractivity (Wildman–Crippen MR) is 108 cm³/mol. The Hall–Kier alpha value is -3.47. The van der Waals surface area contributed by atoms with Crippen LogP contribution in [0.25, 0.3) is 0 Å². The molecule has 0 unspecified atom stereocenters. The number of ether oxygens (including phenoxy) is 2. The van der Waals surface area contributed by atoms with E-state index in [4.69, 9.17) is 9.47 Å². The maximum Gasteiger partial charge on any atom is 0.228 e. The Kier molecular flexibility index (Phi) is 5.94. The summed E-state index contributed by atoms with van der Waals surface area (Å²) >= 11 is 0. The van der Waals surface area contributed by atoms with Crippen LogP contribution in [-0.2, 0) is 11.2 Å². The lowest BCUT2D eigenvalue weighted by atomic mass is 10.1. The number of benzene rings is 3. The molecule has 0 heterocycles. The van der Waals surface area contributed by atoms with Gasteiger partial charge in [-0.25, -0.2) is 0 Å². The van der Waals surface area contributed by atoms with Crippen molar-refractivity contribution < 1.29 is 14.3 Å². The minimum absolute atomic E-state index is 0.0917. The lowest BCUT2D eigenvalue weighted by Gasteiger charge is -2.11. The highest BCUT2D eigenvalue weighted by Gasteiger charge is 2.09. The minimum Gasteiger partial charge on any atom is -0.493 e. The van der Waals surface area contributed by atoms with Crippen LogP contribution in [0.4, 0.5) is 17.1 Å². The third-order valence-corrected chi connectivity index (χ3v) is 4.04. The minimum atomic E-state index is -0.0917. The standard InChI is InChI=1S/C22H22N2O3/c1-26-20-13-8-16(14-21(20)27-2)15-22(25)24-19-11-9-18(10-12-19)23-17-6-4-3-5-7-17/h3-14,23H,15H2,1-2H3,(H,24,25). The predicted octanol–water partition coefficient (Wildman–Crippen LogP) is 4.63. The van der Waals surface area contributed by atoms with Gasteiger partial charge in [-0.05, 0) is 54.1 Å². The van der Waals surface area contributed by atoms with Crippen molar-refractivity contribution in [2.24, 2.45) is 0 Å². The van der Waals surface area contributed by atoms with Gasteiger partial charge in [0.25, 0.3) is 0 Å². The molecule has 138 valence electrons. The first-order valence-corrected chi connectivity index (χ1v) is 8.61. The molecule has 0 aliphatic carbocycles. The molecular weight excluding hydrogens is 340 g/mol. The number of anilines is 3. The van der Waals surface area contributed by atoms with Gasteiger partial charge < -0.3 is 20.1 Å². The molecule has 0 aliphatic heterocycles. The second-order valence-electron chi connectivity index (χ2n) is 5.98. The quantitative estimate of drug-likeness (QED) is 0.643. The zero-order valence-electron chi connectivity index (χ0n) is 15.4. The van der Waals surface area contributed by atoms with Gasteiger partial charge >= 0.3 is 0 Å². The van der Waals surface area contributed by atoms with Gasteiger partial charge in [-0.3, -0.25) is 4.79 Å². The summed E-state index contributed by atoms with van der Waals surface area (Å²) in [5, 5.41) is 6.22. The van der Waals surface area contributed by atoms with E-state index in [1.54, 1.807) is 20.3 Å². The lowest BCUT2D eigenvalue weighted by molar-refractivity contribution is -0.115. The average Bonchev–Trinajstić information content (AvgIpc) is 2.70. The van der Waals surface area contributed by atoms with E-state index in [1.165, 1.54) is 0 Å².